The molecule has 20 heteroatoms. The summed E-state index contributed by atoms with van der Waals surface area (Å²) in [6, 6.07) is -1.71. The SMILES string of the molecule is CC(=O)OC[C@H]1O[C@H](O[C@H]2[C@H](O)[C@@H](OC(C)=O)[C@H](OC(C)=O)[C@@H](OC(C)=O)[C@H]2OC(C)=O)[C@H](N=[N+]=[N-])[C@@H](OC(C)=O)[C@@H]1OC(C)=O. The molecular formula is C26H35N3O17. The van der Waals surface area contributed by atoms with Crippen molar-refractivity contribution in [1.29, 1.82) is 0 Å². The number of carbonyl (C=O) groups is 7. The van der Waals surface area contributed by atoms with E-state index in [0.717, 1.165) is 48.5 Å². The van der Waals surface area contributed by atoms with Gasteiger partial charge in [0.25, 0.3) is 0 Å². The zero-order chi connectivity index (χ0) is 34.9. The molecule has 1 aliphatic heterocycles. The molecule has 0 amide bonds. The largest absolute Gasteiger partial charge is 0.463 e. The fourth-order valence-corrected chi connectivity index (χ4v) is 4.93. The second kappa shape index (κ2) is 16.7. The minimum atomic E-state index is -2.04. The Bertz CT molecular complexity index is 1240. The number of nitrogens with zero attached hydrogens (tertiary/aromatic N) is 3. The second-order valence-corrected chi connectivity index (χ2v) is 10.1. The fourth-order valence-electron chi connectivity index (χ4n) is 4.93. The fraction of sp³-hybridized carbons (Fsp3) is 0.731. The van der Waals surface area contributed by atoms with Crippen LogP contribution in [0.3, 0.4) is 0 Å². The van der Waals surface area contributed by atoms with Gasteiger partial charge in [0.15, 0.2) is 42.9 Å². The predicted molar refractivity (Wildman–Crippen MR) is 142 cm³/mol. The van der Waals surface area contributed by atoms with E-state index < -0.39 is 116 Å². The van der Waals surface area contributed by atoms with Crippen molar-refractivity contribution in [3.05, 3.63) is 10.4 Å². The molecule has 20 nitrogen and oxygen atoms in total. The monoisotopic (exact) mass is 661 g/mol. The lowest BCUT2D eigenvalue weighted by Gasteiger charge is -2.49. The number of esters is 7. The van der Waals surface area contributed by atoms with Gasteiger partial charge in [-0.2, -0.15) is 0 Å². The van der Waals surface area contributed by atoms with Gasteiger partial charge in [-0.3, -0.25) is 33.6 Å². The quantitative estimate of drug-likeness (QED) is 0.0942. The van der Waals surface area contributed by atoms with Crippen LogP contribution in [0.25, 0.3) is 10.4 Å². The third-order valence-corrected chi connectivity index (χ3v) is 6.32. The molecule has 2 aliphatic rings. The van der Waals surface area contributed by atoms with Crippen LogP contribution in [0.5, 0.6) is 0 Å². The van der Waals surface area contributed by atoms with Gasteiger partial charge in [-0.15, -0.1) is 0 Å². The van der Waals surface area contributed by atoms with Gasteiger partial charge in [0.1, 0.15) is 31.0 Å². The minimum absolute atomic E-state index is 0.616. The molecule has 2 fully saturated rings. The Morgan fingerprint density at radius 3 is 1.43 bits per heavy atom. The molecule has 1 N–H and O–H groups in total. The van der Waals surface area contributed by atoms with Crippen LogP contribution in [-0.4, -0.2) is 121 Å². The lowest BCUT2D eigenvalue weighted by atomic mass is 9.83. The van der Waals surface area contributed by atoms with Crippen LogP contribution < -0.4 is 0 Å². The standard InChI is InChI=1S/C26H35N3O17/c1-9(30)38-8-16-19(39-10(2)31)20(40-11(3)32)17(28-29-27)26(45-16)46-22-18(37)21(41-12(4)33)23(42-13(5)34)25(44-15(7)36)24(22)43-14(6)35/h16-26,37H,8H2,1-7H3/t16-,17-,18-,19-,20-,21-,22+,23+,24+,25-,26-/m1/s1. The number of rotatable bonds is 11. The highest BCUT2D eigenvalue weighted by Gasteiger charge is 2.60. The summed E-state index contributed by atoms with van der Waals surface area (Å²) in [5.74, 6) is -6.51. The number of azide groups is 1. The van der Waals surface area contributed by atoms with Crippen molar-refractivity contribution in [2.24, 2.45) is 5.11 Å². The van der Waals surface area contributed by atoms with E-state index >= 15 is 0 Å². The third-order valence-electron chi connectivity index (χ3n) is 6.32. The summed E-state index contributed by atoms with van der Waals surface area (Å²) in [7, 11) is 0. The highest BCUT2D eigenvalue weighted by atomic mass is 16.7. The summed E-state index contributed by atoms with van der Waals surface area (Å²) >= 11 is 0. The second-order valence-electron chi connectivity index (χ2n) is 10.1. The van der Waals surface area contributed by atoms with Crippen molar-refractivity contribution in [3.63, 3.8) is 0 Å². The first kappa shape index (κ1) is 37.7. The smallest absolute Gasteiger partial charge is 0.303 e. The van der Waals surface area contributed by atoms with E-state index in [1.54, 1.807) is 0 Å². The summed E-state index contributed by atoms with van der Waals surface area (Å²) in [5.41, 5.74) is 9.38. The lowest BCUT2D eigenvalue weighted by molar-refractivity contribution is -0.321. The summed E-state index contributed by atoms with van der Waals surface area (Å²) in [6.45, 7) is 6.33. The Labute approximate surface area is 261 Å². The molecule has 1 saturated carbocycles. The first-order valence-electron chi connectivity index (χ1n) is 13.7. The van der Waals surface area contributed by atoms with Crippen molar-refractivity contribution in [1.82, 2.24) is 0 Å². The highest BCUT2D eigenvalue weighted by molar-refractivity contribution is 5.70. The van der Waals surface area contributed by atoms with E-state index in [4.69, 9.17) is 42.6 Å². The molecular weight excluding hydrogens is 626 g/mol. The molecule has 1 aliphatic carbocycles. The van der Waals surface area contributed by atoms with Gasteiger partial charge in [-0.05, 0) is 5.53 Å². The maximum absolute atomic E-state index is 12.2. The van der Waals surface area contributed by atoms with Gasteiger partial charge in [0.05, 0.1) is 0 Å². The van der Waals surface area contributed by atoms with Crippen LogP contribution in [0.4, 0.5) is 0 Å². The van der Waals surface area contributed by atoms with E-state index in [9.17, 15) is 44.2 Å². The lowest BCUT2D eigenvalue weighted by Crippen LogP contribution is -2.69. The summed E-state index contributed by atoms with van der Waals surface area (Å²) < 4.78 is 48.6. The number of aliphatic hydroxyl groups excluding tert-OH is 1. The maximum Gasteiger partial charge on any atom is 0.303 e. The van der Waals surface area contributed by atoms with E-state index in [2.05, 4.69) is 10.0 Å². The van der Waals surface area contributed by atoms with Crippen molar-refractivity contribution < 1.29 is 81.3 Å². The van der Waals surface area contributed by atoms with Gasteiger partial charge in [-0.1, -0.05) is 5.11 Å². The number of hydrogen-bond donors (Lipinski definition) is 1. The topological polar surface area (TPSA) is 272 Å². The number of ether oxygens (including phenoxy) is 9. The average molecular weight is 662 g/mol. The minimum Gasteiger partial charge on any atom is -0.463 e. The molecule has 1 saturated heterocycles. The Morgan fingerprint density at radius 1 is 0.609 bits per heavy atom. The van der Waals surface area contributed by atoms with E-state index in [0.29, 0.717) is 0 Å². The molecule has 1 heterocycles. The van der Waals surface area contributed by atoms with E-state index in [1.807, 2.05) is 0 Å². The summed E-state index contributed by atoms with van der Waals surface area (Å²) in [4.78, 5) is 86.8. The van der Waals surface area contributed by atoms with Crippen LogP contribution in [-0.2, 0) is 76.2 Å². The van der Waals surface area contributed by atoms with Crippen LogP contribution in [0.2, 0.25) is 0 Å². The van der Waals surface area contributed by atoms with Crippen molar-refractivity contribution in [2.45, 2.75) is 116 Å². The maximum atomic E-state index is 12.2. The average Bonchev–Trinajstić information content (AvgIpc) is 2.91. The van der Waals surface area contributed by atoms with E-state index in [-0.39, 0.29) is 0 Å². The van der Waals surface area contributed by atoms with Gasteiger partial charge >= 0.3 is 41.8 Å². The van der Waals surface area contributed by atoms with Gasteiger partial charge < -0.3 is 47.7 Å². The molecule has 256 valence electrons. The number of carbonyl (C=O) groups excluding carboxylic acids is 7. The summed E-state index contributed by atoms with van der Waals surface area (Å²) in [6.07, 6.45) is -17.6. The zero-order valence-electron chi connectivity index (χ0n) is 25.9. The molecule has 0 spiro atoms. The number of aliphatic hydroxyl groups is 1. The molecule has 11 atom stereocenters. The summed E-state index contributed by atoms with van der Waals surface area (Å²) in [5, 5.41) is 15.0. The predicted octanol–water partition coefficient (Wildman–Crippen LogP) is -0.697. The first-order chi connectivity index (χ1) is 21.5. The van der Waals surface area contributed by atoms with Crippen LogP contribution in [0.1, 0.15) is 48.5 Å². The van der Waals surface area contributed by atoms with Crippen LogP contribution in [0, 0.1) is 0 Å². The molecule has 0 aromatic heterocycles. The molecule has 46 heavy (non-hydrogen) atoms. The van der Waals surface area contributed by atoms with Gasteiger partial charge in [0, 0.05) is 53.4 Å². The Balaban J connectivity index is 2.74. The molecule has 0 bridgehead atoms. The highest BCUT2D eigenvalue weighted by Crippen LogP contribution is 2.36. The Hall–Kier alpha value is -4.52. The number of hydrogen-bond acceptors (Lipinski definition) is 18. The van der Waals surface area contributed by atoms with Crippen molar-refractivity contribution in [3.8, 4) is 0 Å². The van der Waals surface area contributed by atoms with Gasteiger partial charge in [-0.25, -0.2) is 0 Å². The normalized spacial score (nSPS) is 32.0. The zero-order valence-corrected chi connectivity index (χ0v) is 25.9. The van der Waals surface area contributed by atoms with Crippen molar-refractivity contribution >= 4 is 41.8 Å². The molecule has 0 unspecified atom stereocenters. The third kappa shape index (κ3) is 10.3. The van der Waals surface area contributed by atoms with Gasteiger partial charge in [0.2, 0.25) is 0 Å². The van der Waals surface area contributed by atoms with Crippen LogP contribution in [0.15, 0.2) is 5.11 Å². The molecule has 2 rings (SSSR count). The van der Waals surface area contributed by atoms with Crippen LogP contribution >= 0.6 is 0 Å². The van der Waals surface area contributed by atoms with Crippen molar-refractivity contribution in [2.75, 3.05) is 6.61 Å². The van der Waals surface area contributed by atoms with E-state index in [1.165, 1.54) is 0 Å². The first-order valence-corrected chi connectivity index (χ1v) is 13.7. The Kier molecular flexibility index (Phi) is 13.7. The molecule has 0 radical (unpaired) electrons. The molecule has 0 aromatic carbocycles. The molecule has 0 aromatic rings. The Morgan fingerprint density at radius 2 is 1.00 bits per heavy atom.